The lowest BCUT2D eigenvalue weighted by atomic mass is 9.46. The van der Waals surface area contributed by atoms with Gasteiger partial charge in [0.2, 0.25) is 0 Å². The molecule has 0 saturated heterocycles. The summed E-state index contributed by atoms with van der Waals surface area (Å²) in [6.07, 6.45) is 0. The van der Waals surface area contributed by atoms with Gasteiger partial charge in [-0.1, -0.05) is 201 Å². The molecule has 2 aliphatic heterocycles. The smallest absolute Gasteiger partial charge is 0.343 e. The largest absolute Gasteiger partial charge is 0.454 e. The Morgan fingerprint density at radius 3 is 1.52 bits per heavy atom. The highest BCUT2D eigenvalue weighted by atomic mass is 32.1. The average Bonchev–Trinajstić information content (AvgIpc) is 1.64. The van der Waals surface area contributed by atoms with Gasteiger partial charge in [-0.25, -0.2) is 0 Å². The summed E-state index contributed by atoms with van der Waals surface area (Å²) in [6.45, 7) is 34.5. The first-order valence-corrected chi connectivity index (χ1v) is 33.4. The van der Waals surface area contributed by atoms with E-state index in [1.165, 1.54) is 102 Å². The van der Waals surface area contributed by atoms with Crippen molar-refractivity contribution in [3.8, 4) is 22.3 Å². The summed E-state index contributed by atoms with van der Waals surface area (Å²) < 4.78 is 12.6. The molecule has 0 bridgehead atoms. The Morgan fingerprint density at radius 2 is 0.888 bits per heavy atom. The molecule has 13 aromatic rings. The van der Waals surface area contributed by atoms with Gasteiger partial charge in [-0.2, -0.15) is 0 Å². The summed E-state index contributed by atoms with van der Waals surface area (Å²) in [5.74, 6) is 0. The number of hydrogen-bond donors (Lipinski definition) is 0. The quantitative estimate of drug-likeness (QED) is 0.155. The third-order valence-electron chi connectivity index (χ3n) is 19.0. The Labute approximate surface area is 534 Å². The van der Waals surface area contributed by atoms with Crippen molar-refractivity contribution in [1.82, 2.24) is 0 Å². The fourth-order valence-corrected chi connectivity index (χ4v) is 16.3. The first-order valence-electron chi connectivity index (χ1n) is 31.7. The molecule has 0 aliphatic carbocycles. The molecule has 2 aliphatic rings. The molecule has 89 heavy (non-hydrogen) atoms. The second kappa shape index (κ2) is 20.1. The van der Waals surface area contributed by atoms with Gasteiger partial charge >= 0.3 is 6.85 Å². The zero-order chi connectivity index (χ0) is 62.0. The number of furan rings is 1. The van der Waals surface area contributed by atoms with Gasteiger partial charge in [-0.05, 0) is 175 Å². The normalized spacial score (nSPS) is 13.7. The minimum Gasteiger partial charge on any atom is -0.454 e. The molecule has 7 heteroatoms. The van der Waals surface area contributed by atoms with Crippen molar-refractivity contribution in [3.05, 3.63) is 228 Å². The van der Waals surface area contributed by atoms with Crippen LogP contribution in [0.4, 0.5) is 45.5 Å². The summed E-state index contributed by atoms with van der Waals surface area (Å²) in [6, 6.07) is 77.0. The maximum absolute atomic E-state index is 7.47. The van der Waals surface area contributed by atoms with Crippen LogP contribution in [0.25, 0.3) is 74.5 Å². The Kier molecular flexibility index (Phi) is 12.9. The van der Waals surface area contributed by atoms with Crippen molar-refractivity contribution < 1.29 is 4.42 Å². The molecule has 442 valence electrons. The number of anilines is 8. The van der Waals surface area contributed by atoms with Crippen LogP contribution >= 0.6 is 22.7 Å². The third-order valence-corrected chi connectivity index (χ3v) is 21.4. The van der Waals surface area contributed by atoms with E-state index in [2.05, 4.69) is 319 Å². The van der Waals surface area contributed by atoms with E-state index in [1.54, 1.807) is 0 Å². The van der Waals surface area contributed by atoms with Gasteiger partial charge in [-0.15, -0.1) is 22.7 Å². The summed E-state index contributed by atoms with van der Waals surface area (Å²) in [5, 5.41) is 5.97. The number of fused-ring (bicyclic) bond motifs is 13. The van der Waals surface area contributed by atoms with Crippen LogP contribution in [0.1, 0.15) is 132 Å². The summed E-state index contributed by atoms with van der Waals surface area (Å²) in [4.78, 5) is 7.81. The zero-order valence-electron chi connectivity index (χ0n) is 54.2. The summed E-state index contributed by atoms with van der Waals surface area (Å²) >= 11 is 3.85. The van der Waals surface area contributed by atoms with E-state index < -0.39 is 0 Å². The van der Waals surface area contributed by atoms with Gasteiger partial charge in [-0.3, -0.25) is 0 Å². The van der Waals surface area contributed by atoms with Crippen LogP contribution in [0, 0.1) is 0 Å². The molecule has 0 radical (unpaired) electrons. The molecule has 0 saturated carbocycles. The van der Waals surface area contributed by atoms with Crippen molar-refractivity contribution in [2.45, 2.75) is 131 Å². The molecule has 0 unspecified atom stereocenters. The molecule has 0 N–H and O–H groups in total. The number of benzene rings is 10. The molecule has 0 spiro atoms. The Hall–Kier alpha value is -8.36. The zero-order valence-corrected chi connectivity index (χ0v) is 55.8. The van der Waals surface area contributed by atoms with Crippen LogP contribution in [0.15, 0.2) is 205 Å². The van der Waals surface area contributed by atoms with E-state index >= 15 is 0 Å². The Morgan fingerprint density at radius 1 is 0.371 bits per heavy atom. The molecule has 15 rings (SSSR count). The second-order valence-electron chi connectivity index (χ2n) is 30.3. The molecule has 4 nitrogen and oxygen atoms in total. The number of para-hydroxylation sites is 1. The predicted octanol–water partition coefficient (Wildman–Crippen LogP) is 23.5. The highest BCUT2D eigenvalue weighted by Gasteiger charge is 2.49. The van der Waals surface area contributed by atoms with Crippen LogP contribution < -0.4 is 24.9 Å². The van der Waals surface area contributed by atoms with Crippen LogP contribution in [-0.4, -0.2) is 6.85 Å². The predicted molar refractivity (Wildman–Crippen MR) is 389 cm³/mol. The standard InChI is InChI=1S/C82H78BN3OS2/c1-78(2,3)50-25-33-55(34-26-50)84(56-35-27-51(28-36-56)79(4,5)6)58-39-42-70-62(45-58)63-46-61-64-47-65-59-23-19-20-24-69(59)87-76(65)75-73(64)83(86(68(61)48-72(63)88-70)57-37-29-52(30-38-57)80(7,8)9)77-74(66-44-54(82(13,14)15)32-41-71(66)89-77)85(75)67-40-31-53(81(10,11)12)43-60(67)49-21-17-16-18-22-49/h16-48H,1-15H3. The van der Waals surface area contributed by atoms with Crippen LogP contribution in [-0.2, 0) is 27.1 Å². The van der Waals surface area contributed by atoms with Gasteiger partial charge in [0.1, 0.15) is 5.58 Å². The molecule has 0 fully saturated rings. The van der Waals surface area contributed by atoms with E-state index in [0.717, 1.165) is 56.1 Å². The first-order chi connectivity index (χ1) is 42.3. The molecule has 3 aromatic heterocycles. The third kappa shape index (κ3) is 9.43. The number of rotatable bonds is 6. The topological polar surface area (TPSA) is 22.9 Å². The van der Waals surface area contributed by atoms with Crippen molar-refractivity contribution in [2.75, 3.05) is 14.6 Å². The van der Waals surface area contributed by atoms with Crippen molar-refractivity contribution in [3.63, 3.8) is 0 Å². The maximum Gasteiger partial charge on any atom is 0.343 e. The molecular formula is C82H78BN3OS2. The number of nitrogens with zero attached hydrogens (tertiary/aromatic N) is 3. The van der Waals surface area contributed by atoms with E-state index in [4.69, 9.17) is 4.42 Å². The van der Waals surface area contributed by atoms with E-state index in [0.29, 0.717) is 0 Å². The van der Waals surface area contributed by atoms with Crippen LogP contribution in [0.5, 0.6) is 0 Å². The maximum atomic E-state index is 7.47. The molecule has 0 amide bonds. The van der Waals surface area contributed by atoms with Gasteiger partial charge in [0.05, 0.1) is 17.1 Å². The first kappa shape index (κ1) is 57.1. The lowest BCUT2D eigenvalue weighted by Gasteiger charge is -2.45. The highest BCUT2D eigenvalue weighted by molar-refractivity contribution is 7.32. The fraction of sp³-hybridized carbons (Fsp3) is 0.244. The summed E-state index contributed by atoms with van der Waals surface area (Å²) in [7, 11) is 0. The van der Waals surface area contributed by atoms with E-state index in [1.807, 2.05) is 22.7 Å². The van der Waals surface area contributed by atoms with Gasteiger partial charge in [0.25, 0.3) is 0 Å². The summed E-state index contributed by atoms with van der Waals surface area (Å²) in [5.41, 5.74) is 23.4. The SMILES string of the molecule is CC(C)(C)c1ccc(N2B3c4sc5ccc(C(C)(C)C)cc5c4N(c4ccc(C(C)(C)C)cc4-c4ccccc4)c4c3c(cc3c4oc4ccccc43)-c3cc4c(cc32)sc2ccc(N(c3ccc(C(C)(C)C)cc3)c3ccc(C(C)(C)C)cc3)cc24)cc1. The molecular weight excluding hydrogens is 1120 g/mol. The Bertz CT molecular complexity index is 4920. The minimum absolute atomic E-state index is 0.0256. The molecule has 10 aromatic carbocycles. The lowest BCUT2D eigenvalue weighted by Crippen LogP contribution is -2.60. The van der Waals surface area contributed by atoms with Crippen molar-refractivity contribution in [1.29, 1.82) is 0 Å². The van der Waals surface area contributed by atoms with E-state index in [9.17, 15) is 0 Å². The average molecular weight is 1200 g/mol. The second-order valence-corrected chi connectivity index (χ2v) is 32.4. The highest BCUT2D eigenvalue weighted by Crippen LogP contribution is 2.56. The van der Waals surface area contributed by atoms with Crippen molar-refractivity contribution >= 4 is 137 Å². The fourth-order valence-electron chi connectivity index (χ4n) is 13.9. The van der Waals surface area contributed by atoms with Crippen LogP contribution in [0.2, 0.25) is 0 Å². The molecule has 5 heterocycles. The van der Waals surface area contributed by atoms with E-state index in [-0.39, 0.29) is 33.9 Å². The monoisotopic (exact) mass is 1200 g/mol. The number of thiophene rings is 2. The van der Waals surface area contributed by atoms with Crippen molar-refractivity contribution in [2.24, 2.45) is 0 Å². The Balaban J connectivity index is 1.06. The number of hydrogen-bond acceptors (Lipinski definition) is 6. The minimum atomic E-state index is -0.220. The van der Waals surface area contributed by atoms with Gasteiger partial charge < -0.3 is 19.0 Å². The molecule has 0 atom stereocenters. The van der Waals surface area contributed by atoms with Gasteiger partial charge in [0.15, 0.2) is 5.58 Å². The van der Waals surface area contributed by atoms with Gasteiger partial charge in [0, 0.05) is 85.4 Å². The van der Waals surface area contributed by atoms with Crippen LogP contribution in [0.3, 0.4) is 0 Å². The lowest BCUT2D eigenvalue weighted by molar-refractivity contribution is 0.590.